The van der Waals surface area contributed by atoms with Gasteiger partial charge in [-0.15, -0.1) is 0 Å². The fourth-order valence-electron chi connectivity index (χ4n) is 1.21. The largest absolute Gasteiger partial charge is 0.270 e. The minimum absolute atomic E-state index is 0.223. The van der Waals surface area contributed by atoms with E-state index < -0.39 is 47.9 Å². The lowest BCUT2D eigenvalue weighted by Crippen LogP contribution is -2.31. The molecule has 0 aliphatic rings. The van der Waals surface area contributed by atoms with Crippen molar-refractivity contribution in [3.63, 3.8) is 0 Å². The van der Waals surface area contributed by atoms with E-state index in [0.717, 1.165) is 18.2 Å². The number of sulfonamides is 2. The molecule has 0 heterocycles. The lowest BCUT2D eigenvalue weighted by molar-refractivity contribution is -0.385. The summed E-state index contributed by atoms with van der Waals surface area (Å²) in [6.07, 6.45) is 0. The molecule has 0 aliphatic carbocycles. The van der Waals surface area contributed by atoms with E-state index in [1.807, 2.05) is 4.72 Å². The van der Waals surface area contributed by atoms with Crippen LogP contribution in [0.3, 0.4) is 0 Å². The second kappa shape index (κ2) is 6.01. The van der Waals surface area contributed by atoms with Gasteiger partial charge in [0, 0.05) is 18.7 Å². The van der Waals surface area contributed by atoms with Gasteiger partial charge in [0.15, 0.2) is 0 Å². The summed E-state index contributed by atoms with van der Waals surface area (Å²) in [6, 6.07) is 2.89. The number of hydrogen-bond acceptors (Lipinski definition) is 6. The zero-order valence-electron chi connectivity index (χ0n) is 9.81. The van der Waals surface area contributed by atoms with Crippen LogP contribution < -0.4 is 9.86 Å². The lowest BCUT2D eigenvalue weighted by atomic mass is 10.3. The summed E-state index contributed by atoms with van der Waals surface area (Å²) in [5.74, 6) is -0.612. The van der Waals surface area contributed by atoms with E-state index in [0.29, 0.717) is 0 Å². The Kier molecular flexibility index (Phi) is 5.05. The number of nitrogens with one attached hydrogen (secondary N) is 1. The lowest BCUT2D eigenvalue weighted by Gasteiger charge is -2.07. The van der Waals surface area contributed by atoms with Gasteiger partial charge >= 0.3 is 0 Å². The van der Waals surface area contributed by atoms with Crippen LogP contribution in [-0.2, 0) is 20.0 Å². The van der Waals surface area contributed by atoms with Gasteiger partial charge in [-0.3, -0.25) is 10.1 Å². The van der Waals surface area contributed by atoms with Crippen molar-refractivity contribution < 1.29 is 21.8 Å². The Morgan fingerprint density at radius 2 is 1.90 bits per heavy atom. The molecule has 0 amide bonds. The molecule has 0 aliphatic heterocycles. The number of nitro groups is 1. The van der Waals surface area contributed by atoms with E-state index in [4.69, 9.17) is 16.7 Å². The number of hydrogen-bond donors (Lipinski definition) is 2. The fraction of sp³-hybridized carbons (Fsp3) is 0.250. The summed E-state index contributed by atoms with van der Waals surface area (Å²) in [7, 11) is -8.00. The molecule has 20 heavy (non-hydrogen) atoms. The molecule has 0 bridgehead atoms. The summed E-state index contributed by atoms with van der Waals surface area (Å²) in [4.78, 5) is 9.30. The third-order valence-electron chi connectivity index (χ3n) is 2.09. The summed E-state index contributed by atoms with van der Waals surface area (Å²) in [6.45, 7) is -0.472. The molecule has 1 aromatic carbocycles. The van der Waals surface area contributed by atoms with Crippen LogP contribution in [0.2, 0.25) is 5.02 Å². The van der Waals surface area contributed by atoms with Crippen molar-refractivity contribution in [2.45, 2.75) is 4.90 Å². The summed E-state index contributed by atoms with van der Waals surface area (Å²) >= 11 is 5.67. The van der Waals surface area contributed by atoms with Crippen LogP contribution in [0.25, 0.3) is 0 Å². The minimum Gasteiger partial charge on any atom is -0.258 e. The van der Waals surface area contributed by atoms with Gasteiger partial charge in [-0.2, -0.15) is 0 Å². The van der Waals surface area contributed by atoms with Crippen molar-refractivity contribution >= 4 is 37.3 Å². The Labute approximate surface area is 120 Å². The maximum absolute atomic E-state index is 11.9. The zero-order valence-corrected chi connectivity index (χ0v) is 12.2. The molecule has 0 saturated carbocycles. The highest BCUT2D eigenvalue weighted by molar-refractivity contribution is 7.90. The summed E-state index contributed by atoms with van der Waals surface area (Å²) in [5, 5.41) is 15.1. The highest BCUT2D eigenvalue weighted by atomic mass is 35.5. The first-order valence-corrected chi connectivity index (χ1v) is 8.55. The fourth-order valence-corrected chi connectivity index (χ4v) is 3.27. The SMILES string of the molecule is NS(=O)(=O)CCNS(=O)(=O)c1cc([N+](=O)[O-])ccc1Cl. The second-order valence-corrected chi connectivity index (χ2v) is 7.51. The highest BCUT2D eigenvalue weighted by Crippen LogP contribution is 2.25. The van der Waals surface area contributed by atoms with Crippen molar-refractivity contribution in [3.05, 3.63) is 33.3 Å². The summed E-state index contributed by atoms with van der Waals surface area (Å²) in [5.41, 5.74) is -0.457. The quantitative estimate of drug-likeness (QED) is 0.540. The first-order chi connectivity index (χ1) is 9.03. The first kappa shape index (κ1) is 16.8. The Morgan fingerprint density at radius 3 is 2.40 bits per heavy atom. The Balaban J connectivity index is 3.03. The van der Waals surface area contributed by atoms with Gasteiger partial charge in [0.2, 0.25) is 20.0 Å². The molecule has 0 fully saturated rings. The van der Waals surface area contributed by atoms with E-state index in [1.54, 1.807) is 0 Å². The molecule has 3 N–H and O–H groups in total. The monoisotopic (exact) mass is 343 g/mol. The topological polar surface area (TPSA) is 149 Å². The van der Waals surface area contributed by atoms with Crippen LogP contribution in [0.15, 0.2) is 23.1 Å². The van der Waals surface area contributed by atoms with Crippen molar-refractivity contribution in [2.24, 2.45) is 5.14 Å². The number of nitrogens with zero attached hydrogens (tertiary/aromatic N) is 1. The van der Waals surface area contributed by atoms with Crippen molar-refractivity contribution in [1.82, 2.24) is 4.72 Å². The molecule has 0 spiro atoms. The van der Waals surface area contributed by atoms with Crippen LogP contribution in [0.5, 0.6) is 0 Å². The number of nitro benzene ring substituents is 1. The Hall–Kier alpha value is -1.27. The molecule has 0 unspecified atom stereocenters. The number of rotatable bonds is 6. The molecule has 1 aromatic rings. The van der Waals surface area contributed by atoms with Gasteiger partial charge in [-0.25, -0.2) is 26.7 Å². The van der Waals surface area contributed by atoms with Gasteiger partial charge < -0.3 is 0 Å². The third-order valence-corrected chi connectivity index (χ3v) is 4.81. The molecule has 0 radical (unpaired) electrons. The molecule has 9 nitrogen and oxygen atoms in total. The minimum atomic E-state index is -4.18. The number of halogens is 1. The van der Waals surface area contributed by atoms with E-state index >= 15 is 0 Å². The van der Waals surface area contributed by atoms with E-state index in [2.05, 4.69) is 0 Å². The number of benzene rings is 1. The van der Waals surface area contributed by atoms with Crippen LogP contribution in [0, 0.1) is 10.1 Å². The highest BCUT2D eigenvalue weighted by Gasteiger charge is 2.21. The molecule has 0 atom stereocenters. The maximum Gasteiger partial charge on any atom is 0.270 e. The van der Waals surface area contributed by atoms with Gasteiger partial charge in [0.1, 0.15) is 4.90 Å². The Bertz CT molecular complexity index is 731. The van der Waals surface area contributed by atoms with Crippen LogP contribution in [-0.4, -0.2) is 34.1 Å². The number of non-ortho nitro benzene ring substituents is 1. The average molecular weight is 344 g/mol. The maximum atomic E-state index is 11.9. The Morgan fingerprint density at radius 1 is 1.30 bits per heavy atom. The van der Waals surface area contributed by atoms with Crippen molar-refractivity contribution in [3.8, 4) is 0 Å². The number of primary sulfonamides is 1. The predicted molar refractivity (Wildman–Crippen MR) is 71.3 cm³/mol. The first-order valence-electron chi connectivity index (χ1n) is 4.97. The zero-order chi connectivity index (χ0) is 15.6. The number of nitrogens with two attached hydrogens (primary N) is 1. The normalized spacial score (nSPS) is 12.3. The molecule has 0 aromatic heterocycles. The smallest absolute Gasteiger partial charge is 0.258 e. The third kappa shape index (κ3) is 4.68. The van der Waals surface area contributed by atoms with E-state index in [1.165, 1.54) is 0 Å². The van der Waals surface area contributed by atoms with Crippen molar-refractivity contribution in [1.29, 1.82) is 0 Å². The van der Waals surface area contributed by atoms with E-state index in [9.17, 15) is 26.9 Å². The van der Waals surface area contributed by atoms with Gasteiger partial charge in [0.25, 0.3) is 5.69 Å². The molecular weight excluding hydrogens is 334 g/mol. The standard InChI is InChI=1S/C8H10ClN3O6S2/c9-7-2-1-6(12(13)14)5-8(7)20(17,18)11-3-4-19(10,15)16/h1-2,5,11H,3-4H2,(H2,10,15,16). The molecule has 0 saturated heterocycles. The molecule has 12 heteroatoms. The summed E-state index contributed by atoms with van der Waals surface area (Å²) < 4.78 is 47.0. The van der Waals surface area contributed by atoms with Gasteiger partial charge in [-0.1, -0.05) is 11.6 Å². The molecule has 112 valence electrons. The van der Waals surface area contributed by atoms with Gasteiger partial charge in [-0.05, 0) is 6.07 Å². The second-order valence-electron chi connectivity index (χ2n) is 3.64. The van der Waals surface area contributed by atoms with E-state index in [-0.39, 0.29) is 5.02 Å². The van der Waals surface area contributed by atoms with Crippen LogP contribution >= 0.6 is 11.6 Å². The van der Waals surface area contributed by atoms with Crippen LogP contribution in [0.1, 0.15) is 0 Å². The van der Waals surface area contributed by atoms with Crippen molar-refractivity contribution in [2.75, 3.05) is 12.3 Å². The average Bonchev–Trinajstić information content (AvgIpc) is 2.26. The predicted octanol–water partition coefficient (Wildman–Crippen LogP) is -0.185. The van der Waals surface area contributed by atoms with Crippen LogP contribution in [0.4, 0.5) is 5.69 Å². The molecule has 1 rings (SSSR count). The van der Waals surface area contributed by atoms with Gasteiger partial charge in [0.05, 0.1) is 15.7 Å². The molecular formula is C8H10ClN3O6S2.